The second kappa shape index (κ2) is 8.54. The largest absolute Gasteiger partial charge is 0.339 e. The van der Waals surface area contributed by atoms with Crippen molar-refractivity contribution in [2.75, 3.05) is 25.0 Å². The number of nitrogens with one attached hydrogen (secondary N) is 3. The van der Waals surface area contributed by atoms with Crippen molar-refractivity contribution >= 4 is 29.9 Å². The molecule has 0 spiro atoms. The maximum atomic E-state index is 12.6. The lowest BCUT2D eigenvalue weighted by atomic mass is 10.1. The lowest BCUT2D eigenvalue weighted by Crippen LogP contribution is -2.35. The van der Waals surface area contributed by atoms with Gasteiger partial charge in [-0.15, -0.1) is 12.4 Å². The molecule has 3 N–H and O–H groups in total. The average molecular weight is 390 g/mol. The minimum Gasteiger partial charge on any atom is -0.339 e. The first kappa shape index (κ1) is 19.4. The van der Waals surface area contributed by atoms with Crippen molar-refractivity contribution in [3.8, 4) is 0 Å². The highest BCUT2D eigenvalue weighted by molar-refractivity contribution is 6.05. The average Bonchev–Trinajstić information content (AvgIpc) is 3.12. The van der Waals surface area contributed by atoms with Gasteiger partial charge in [-0.3, -0.25) is 14.7 Å². The summed E-state index contributed by atoms with van der Waals surface area (Å²) >= 11 is 0. The van der Waals surface area contributed by atoms with Gasteiger partial charge < -0.3 is 15.5 Å². The van der Waals surface area contributed by atoms with Crippen LogP contribution in [0.1, 0.15) is 51.4 Å². The normalized spacial score (nSPS) is 16.2. The van der Waals surface area contributed by atoms with Crippen LogP contribution in [-0.4, -0.2) is 46.5 Å². The number of rotatable bonds is 3. The summed E-state index contributed by atoms with van der Waals surface area (Å²) in [5, 5.41) is 13.3. The molecule has 1 fully saturated rings. The molecule has 1 aromatic carbocycles. The number of anilines is 1. The Morgan fingerprint density at radius 1 is 1.15 bits per heavy atom. The number of nitrogens with zero attached hydrogens (tertiary/aromatic N) is 2. The molecule has 1 saturated heterocycles. The minimum absolute atomic E-state index is 0. The third kappa shape index (κ3) is 4.14. The summed E-state index contributed by atoms with van der Waals surface area (Å²) in [5.74, 6) is -0.226. The zero-order valence-corrected chi connectivity index (χ0v) is 15.9. The predicted molar refractivity (Wildman–Crippen MR) is 105 cm³/mol. The van der Waals surface area contributed by atoms with Crippen molar-refractivity contribution in [3.05, 3.63) is 46.8 Å². The Morgan fingerprint density at radius 3 is 2.78 bits per heavy atom. The third-order valence-electron chi connectivity index (χ3n) is 5.03. The maximum Gasteiger partial charge on any atom is 0.276 e. The molecular formula is C19H24ClN5O2. The number of hydrogen-bond donors (Lipinski definition) is 3. The number of fused-ring (bicyclic) bond motifs is 1. The third-order valence-corrected chi connectivity index (χ3v) is 5.03. The molecule has 1 aromatic heterocycles. The van der Waals surface area contributed by atoms with Gasteiger partial charge in [0.2, 0.25) is 0 Å². The number of H-pyrrole nitrogens is 1. The van der Waals surface area contributed by atoms with Crippen LogP contribution in [0.15, 0.2) is 24.3 Å². The zero-order chi connectivity index (χ0) is 17.9. The number of hydrogen-bond acceptors (Lipinski definition) is 4. The van der Waals surface area contributed by atoms with E-state index in [1.54, 1.807) is 24.3 Å². The lowest BCUT2D eigenvalue weighted by molar-refractivity contribution is 0.0724. The minimum atomic E-state index is -0.256. The first-order valence-electron chi connectivity index (χ1n) is 9.20. The maximum absolute atomic E-state index is 12.6. The number of aromatic nitrogens is 2. The summed E-state index contributed by atoms with van der Waals surface area (Å²) in [4.78, 5) is 27.1. The molecule has 7 nitrogen and oxygen atoms in total. The van der Waals surface area contributed by atoms with E-state index in [-0.39, 0.29) is 24.2 Å². The molecule has 3 heterocycles. The Labute approximate surface area is 164 Å². The highest BCUT2D eigenvalue weighted by Gasteiger charge is 2.22. The van der Waals surface area contributed by atoms with Crippen LogP contribution in [0.4, 0.5) is 5.69 Å². The summed E-state index contributed by atoms with van der Waals surface area (Å²) < 4.78 is 0. The van der Waals surface area contributed by atoms with Gasteiger partial charge >= 0.3 is 0 Å². The molecule has 0 atom stereocenters. The van der Waals surface area contributed by atoms with Gasteiger partial charge in [0.1, 0.15) is 0 Å². The number of amides is 2. The van der Waals surface area contributed by atoms with E-state index >= 15 is 0 Å². The summed E-state index contributed by atoms with van der Waals surface area (Å²) in [6, 6.07) is 7.13. The van der Waals surface area contributed by atoms with Crippen LogP contribution in [-0.2, 0) is 13.0 Å². The summed E-state index contributed by atoms with van der Waals surface area (Å²) in [6.45, 7) is 3.14. The number of benzene rings is 1. The van der Waals surface area contributed by atoms with E-state index in [2.05, 4.69) is 20.8 Å². The van der Waals surface area contributed by atoms with Crippen molar-refractivity contribution in [2.45, 2.75) is 32.2 Å². The molecule has 0 aliphatic carbocycles. The van der Waals surface area contributed by atoms with E-state index in [1.165, 1.54) is 6.42 Å². The Bertz CT molecular complexity index is 829. The van der Waals surface area contributed by atoms with Crippen LogP contribution in [0.3, 0.4) is 0 Å². The number of carbonyl (C=O) groups excluding carboxylic acids is 2. The number of halogens is 1. The van der Waals surface area contributed by atoms with Crippen molar-refractivity contribution in [2.24, 2.45) is 0 Å². The topological polar surface area (TPSA) is 90.1 Å². The molecule has 0 unspecified atom stereocenters. The Morgan fingerprint density at radius 2 is 1.96 bits per heavy atom. The first-order valence-corrected chi connectivity index (χ1v) is 9.20. The Balaban J connectivity index is 0.00000210. The Kier molecular flexibility index (Phi) is 6.13. The van der Waals surface area contributed by atoms with Gasteiger partial charge in [0.15, 0.2) is 5.69 Å². The fourth-order valence-electron chi connectivity index (χ4n) is 3.61. The molecule has 0 bridgehead atoms. The first-order chi connectivity index (χ1) is 12.7. The molecule has 2 aromatic rings. The highest BCUT2D eigenvalue weighted by atomic mass is 35.5. The van der Waals surface area contributed by atoms with E-state index in [4.69, 9.17) is 0 Å². The molecule has 2 amide bonds. The van der Waals surface area contributed by atoms with Crippen molar-refractivity contribution in [3.63, 3.8) is 0 Å². The molecule has 0 saturated carbocycles. The molecule has 8 heteroatoms. The van der Waals surface area contributed by atoms with Gasteiger partial charge in [0, 0.05) is 55.1 Å². The monoisotopic (exact) mass is 389 g/mol. The van der Waals surface area contributed by atoms with Gasteiger partial charge in [-0.1, -0.05) is 6.07 Å². The van der Waals surface area contributed by atoms with E-state index < -0.39 is 0 Å². The number of likely N-dealkylation sites (tertiary alicyclic amines) is 1. The standard InChI is InChI=1S/C19H23N5O2.ClH/c25-18(17-15-12-20-8-7-16(15)22-23-17)21-14-6-4-5-13(11-14)19(26)24-9-2-1-3-10-24;/h4-6,11,20H,1-3,7-10,12H2,(H,21,25)(H,22,23);1H. The van der Waals surface area contributed by atoms with E-state index in [9.17, 15) is 9.59 Å². The van der Waals surface area contributed by atoms with Gasteiger partial charge in [-0.05, 0) is 37.5 Å². The van der Waals surface area contributed by atoms with Crippen LogP contribution in [0.2, 0.25) is 0 Å². The SMILES string of the molecule is Cl.O=C(Nc1cccc(C(=O)N2CCCCC2)c1)c1n[nH]c2c1CNCC2. The second-order valence-corrected chi connectivity index (χ2v) is 6.84. The summed E-state index contributed by atoms with van der Waals surface area (Å²) in [5.41, 5.74) is 3.57. The van der Waals surface area contributed by atoms with E-state index in [0.717, 1.165) is 50.2 Å². The van der Waals surface area contributed by atoms with Crippen molar-refractivity contribution in [1.29, 1.82) is 0 Å². The molecule has 2 aliphatic heterocycles. The van der Waals surface area contributed by atoms with Crippen LogP contribution in [0.5, 0.6) is 0 Å². The summed E-state index contributed by atoms with van der Waals surface area (Å²) in [7, 11) is 0. The molecule has 0 radical (unpaired) electrons. The van der Waals surface area contributed by atoms with Crippen molar-refractivity contribution < 1.29 is 9.59 Å². The van der Waals surface area contributed by atoms with E-state index in [0.29, 0.717) is 23.5 Å². The van der Waals surface area contributed by atoms with Crippen LogP contribution >= 0.6 is 12.4 Å². The Hall–Kier alpha value is -2.38. The zero-order valence-electron chi connectivity index (χ0n) is 15.1. The predicted octanol–water partition coefficient (Wildman–Crippen LogP) is 2.36. The van der Waals surface area contributed by atoms with Crippen molar-refractivity contribution in [1.82, 2.24) is 20.4 Å². The smallest absolute Gasteiger partial charge is 0.276 e. The fourth-order valence-corrected chi connectivity index (χ4v) is 3.61. The molecule has 4 rings (SSSR count). The highest BCUT2D eigenvalue weighted by Crippen LogP contribution is 2.19. The number of carbonyl (C=O) groups is 2. The van der Waals surface area contributed by atoms with E-state index in [1.807, 2.05) is 4.90 Å². The van der Waals surface area contributed by atoms with Gasteiger partial charge in [0.25, 0.3) is 11.8 Å². The number of piperidine rings is 1. The van der Waals surface area contributed by atoms with Gasteiger partial charge in [-0.2, -0.15) is 5.10 Å². The molecule has 27 heavy (non-hydrogen) atoms. The lowest BCUT2D eigenvalue weighted by Gasteiger charge is -2.26. The second-order valence-electron chi connectivity index (χ2n) is 6.84. The van der Waals surface area contributed by atoms with Crippen LogP contribution in [0.25, 0.3) is 0 Å². The quantitative estimate of drug-likeness (QED) is 0.751. The summed E-state index contributed by atoms with van der Waals surface area (Å²) in [6.07, 6.45) is 4.14. The van der Waals surface area contributed by atoms with Gasteiger partial charge in [0.05, 0.1) is 0 Å². The molecule has 144 valence electrons. The van der Waals surface area contributed by atoms with Crippen LogP contribution in [0, 0.1) is 0 Å². The van der Waals surface area contributed by atoms with Gasteiger partial charge in [-0.25, -0.2) is 0 Å². The fraction of sp³-hybridized carbons (Fsp3) is 0.421. The molecule has 2 aliphatic rings. The molecular weight excluding hydrogens is 366 g/mol. The van der Waals surface area contributed by atoms with Crippen LogP contribution < -0.4 is 10.6 Å². The number of aromatic amines is 1.